The fourth-order valence-corrected chi connectivity index (χ4v) is 2.49. The first-order valence-electron chi connectivity index (χ1n) is 5.49. The van der Waals surface area contributed by atoms with E-state index in [0.717, 1.165) is 21.6 Å². The molecular weight excluding hydrogens is 289 g/mol. The summed E-state index contributed by atoms with van der Waals surface area (Å²) in [5, 5.41) is 13.7. The second-order valence-corrected chi connectivity index (χ2v) is 5.56. The highest BCUT2D eigenvalue weighted by molar-refractivity contribution is 9.10. The predicted molar refractivity (Wildman–Crippen MR) is 69.6 cm³/mol. The minimum Gasteiger partial charge on any atom is -0.392 e. The van der Waals surface area contributed by atoms with Crippen LogP contribution in [0.3, 0.4) is 0 Å². The Morgan fingerprint density at radius 3 is 2.88 bits per heavy atom. The lowest BCUT2D eigenvalue weighted by molar-refractivity contribution is 0.148. The summed E-state index contributed by atoms with van der Waals surface area (Å²) in [6.45, 7) is 1.42. The van der Waals surface area contributed by atoms with Crippen molar-refractivity contribution in [2.45, 2.75) is 25.5 Å². The number of hydrogen-bond acceptors (Lipinski definition) is 2. The molecule has 1 aromatic rings. The van der Waals surface area contributed by atoms with Crippen molar-refractivity contribution in [3.63, 3.8) is 0 Å². The number of nitrogens with one attached hydrogen (secondary N) is 1. The van der Waals surface area contributed by atoms with Crippen molar-refractivity contribution in [3.05, 3.63) is 33.3 Å². The molecule has 1 saturated carbocycles. The molecule has 1 atom stereocenters. The molecule has 0 radical (unpaired) electrons. The Hall–Kier alpha value is -0.0900. The van der Waals surface area contributed by atoms with Gasteiger partial charge in [-0.2, -0.15) is 0 Å². The van der Waals surface area contributed by atoms with Crippen LogP contribution in [-0.4, -0.2) is 17.8 Å². The van der Waals surface area contributed by atoms with Crippen LogP contribution in [0.4, 0.5) is 0 Å². The third kappa shape index (κ3) is 3.45. The van der Waals surface area contributed by atoms with E-state index < -0.39 is 0 Å². The van der Waals surface area contributed by atoms with Gasteiger partial charge in [0.2, 0.25) is 0 Å². The third-order valence-electron chi connectivity index (χ3n) is 2.85. The van der Waals surface area contributed by atoms with Crippen LogP contribution in [0.15, 0.2) is 22.7 Å². The number of halogens is 2. The summed E-state index contributed by atoms with van der Waals surface area (Å²) in [6.07, 6.45) is 2.16. The summed E-state index contributed by atoms with van der Waals surface area (Å²) in [6, 6.07) is 5.75. The van der Waals surface area contributed by atoms with Gasteiger partial charge in [0.15, 0.2) is 0 Å². The van der Waals surface area contributed by atoms with Gasteiger partial charge in [0.1, 0.15) is 0 Å². The van der Waals surface area contributed by atoms with Crippen molar-refractivity contribution in [3.8, 4) is 0 Å². The second-order valence-electron chi connectivity index (χ2n) is 4.27. The lowest BCUT2D eigenvalue weighted by Gasteiger charge is -2.11. The van der Waals surface area contributed by atoms with Gasteiger partial charge in [-0.05, 0) is 36.5 Å². The Morgan fingerprint density at radius 1 is 1.50 bits per heavy atom. The maximum absolute atomic E-state index is 9.69. The topological polar surface area (TPSA) is 32.3 Å². The Labute approximate surface area is 109 Å². The summed E-state index contributed by atoms with van der Waals surface area (Å²) in [4.78, 5) is 0. The molecular formula is C12H15BrClNO. The zero-order valence-electron chi connectivity index (χ0n) is 8.92. The molecule has 1 aromatic carbocycles. The molecule has 0 heterocycles. The molecule has 1 aliphatic rings. The van der Waals surface area contributed by atoms with Crippen LogP contribution in [0, 0.1) is 5.92 Å². The third-order valence-corrected chi connectivity index (χ3v) is 3.82. The van der Waals surface area contributed by atoms with E-state index in [9.17, 15) is 5.11 Å². The number of benzene rings is 1. The average Bonchev–Trinajstić information content (AvgIpc) is 3.04. The summed E-state index contributed by atoms with van der Waals surface area (Å²) >= 11 is 9.33. The highest BCUT2D eigenvalue weighted by Gasteiger charge is 2.29. The van der Waals surface area contributed by atoms with E-state index in [4.69, 9.17) is 11.6 Å². The minimum absolute atomic E-state index is 0.189. The molecule has 88 valence electrons. The Morgan fingerprint density at radius 2 is 2.25 bits per heavy atom. The van der Waals surface area contributed by atoms with Gasteiger partial charge in [0, 0.05) is 22.6 Å². The molecule has 2 nitrogen and oxygen atoms in total. The van der Waals surface area contributed by atoms with Gasteiger partial charge in [-0.1, -0.05) is 33.6 Å². The fraction of sp³-hybridized carbons (Fsp3) is 0.500. The summed E-state index contributed by atoms with van der Waals surface area (Å²) in [7, 11) is 0. The predicted octanol–water partition coefficient (Wildman–Crippen LogP) is 2.96. The normalized spacial score (nSPS) is 17.4. The van der Waals surface area contributed by atoms with Crippen molar-refractivity contribution in [2.24, 2.45) is 5.92 Å². The standard InChI is InChI=1S/C12H15BrClNO/c13-11-5-10(14)4-3-9(11)6-15-7-12(16)8-1-2-8/h3-5,8,12,15-16H,1-2,6-7H2. The van der Waals surface area contributed by atoms with Gasteiger partial charge >= 0.3 is 0 Å². The summed E-state index contributed by atoms with van der Waals surface area (Å²) < 4.78 is 1.01. The van der Waals surface area contributed by atoms with Crippen LogP contribution < -0.4 is 5.32 Å². The molecule has 0 bridgehead atoms. The van der Waals surface area contributed by atoms with E-state index in [2.05, 4.69) is 21.2 Å². The maximum atomic E-state index is 9.69. The van der Waals surface area contributed by atoms with Crippen molar-refractivity contribution in [2.75, 3.05) is 6.54 Å². The van der Waals surface area contributed by atoms with Crippen molar-refractivity contribution >= 4 is 27.5 Å². The Balaban J connectivity index is 1.80. The molecule has 1 aliphatic carbocycles. The van der Waals surface area contributed by atoms with E-state index in [0.29, 0.717) is 12.5 Å². The van der Waals surface area contributed by atoms with E-state index in [1.54, 1.807) is 0 Å². The summed E-state index contributed by atoms with van der Waals surface area (Å²) in [5.74, 6) is 0.529. The molecule has 4 heteroatoms. The molecule has 0 amide bonds. The first-order chi connectivity index (χ1) is 7.66. The van der Waals surface area contributed by atoms with Gasteiger partial charge < -0.3 is 10.4 Å². The van der Waals surface area contributed by atoms with E-state index >= 15 is 0 Å². The largest absolute Gasteiger partial charge is 0.392 e. The van der Waals surface area contributed by atoms with Crippen LogP contribution >= 0.6 is 27.5 Å². The lowest BCUT2D eigenvalue weighted by atomic mass is 10.2. The monoisotopic (exact) mass is 303 g/mol. The average molecular weight is 305 g/mol. The number of aliphatic hydroxyl groups excluding tert-OH is 1. The maximum Gasteiger partial charge on any atom is 0.0692 e. The molecule has 2 rings (SSSR count). The molecule has 0 aromatic heterocycles. The highest BCUT2D eigenvalue weighted by atomic mass is 79.9. The Bertz CT molecular complexity index is 368. The zero-order valence-corrected chi connectivity index (χ0v) is 11.3. The first-order valence-corrected chi connectivity index (χ1v) is 6.66. The van der Waals surface area contributed by atoms with Crippen LogP contribution in [-0.2, 0) is 6.54 Å². The SMILES string of the molecule is OC(CNCc1ccc(Cl)cc1Br)C1CC1. The van der Waals surface area contributed by atoms with Crippen molar-refractivity contribution in [1.82, 2.24) is 5.32 Å². The van der Waals surface area contributed by atoms with Crippen LogP contribution in [0.25, 0.3) is 0 Å². The smallest absolute Gasteiger partial charge is 0.0692 e. The molecule has 16 heavy (non-hydrogen) atoms. The number of hydrogen-bond donors (Lipinski definition) is 2. The summed E-state index contributed by atoms with van der Waals surface area (Å²) in [5.41, 5.74) is 1.16. The van der Waals surface area contributed by atoms with Crippen LogP contribution in [0.5, 0.6) is 0 Å². The minimum atomic E-state index is -0.189. The number of aliphatic hydroxyl groups is 1. The zero-order chi connectivity index (χ0) is 11.5. The van der Waals surface area contributed by atoms with Crippen molar-refractivity contribution in [1.29, 1.82) is 0 Å². The molecule has 0 saturated heterocycles. The van der Waals surface area contributed by atoms with Gasteiger partial charge in [0.05, 0.1) is 6.10 Å². The fourth-order valence-electron chi connectivity index (χ4n) is 1.67. The number of rotatable bonds is 5. The van der Waals surface area contributed by atoms with E-state index in [1.807, 2.05) is 18.2 Å². The van der Waals surface area contributed by atoms with Gasteiger partial charge in [-0.3, -0.25) is 0 Å². The van der Waals surface area contributed by atoms with E-state index in [1.165, 1.54) is 12.8 Å². The second kappa shape index (κ2) is 5.50. The van der Waals surface area contributed by atoms with Gasteiger partial charge in [0.25, 0.3) is 0 Å². The molecule has 0 spiro atoms. The molecule has 1 unspecified atom stereocenters. The molecule has 2 N–H and O–H groups in total. The highest BCUT2D eigenvalue weighted by Crippen LogP contribution is 2.32. The van der Waals surface area contributed by atoms with Crippen molar-refractivity contribution < 1.29 is 5.11 Å². The first kappa shape index (κ1) is 12.4. The van der Waals surface area contributed by atoms with Gasteiger partial charge in [-0.15, -0.1) is 0 Å². The van der Waals surface area contributed by atoms with Crippen LogP contribution in [0.2, 0.25) is 5.02 Å². The lowest BCUT2D eigenvalue weighted by Crippen LogP contribution is -2.27. The van der Waals surface area contributed by atoms with Gasteiger partial charge in [-0.25, -0.2) is 0 Å². The Kier molecular flexibility index (Phi) is 4.25. The molecule has 1 fully saturated rings. The molecule has 0 aliphatic heterocycles. The van der Waals surface area contributed by atoms with E-state index in [-0.39, 0.29) is 6.10 Å². The van der Waals surface area contributed by atoms with Crippen LogP contribution in [0.1, 0.15) is 18.4 Å². The quantitative estimate of drug-likeness (QED) is 0.876.